The number of nitrogens with zero attached hydrogens (tertiary/aromatic N) is 2. The number of amides is 1. The van der Waals surface area contributed by atoms with Gasteiger partial charge >= 0.3 is 0 Å². The third kappa shape index (κ3) is 3.14. The van der Waals surface area contributed by atoms with E-state index in [1.54, 1.807) is 22.9 Å². The molecule has 0 unspecified atom stereocenters. The number of carbonyl (C=O) groups is 1. The van der Waals surface area contributed by atoms with Crippen molar-refractivity contribution >= 4 is 17.3 Å². The number of rotatable bonds is 4. The molecular weight excluding hydrogens is 259 g/mol. The molecule has 0 aliphatic carbocycles. The van der Waals surface area contributed by atoms with E-state index in [9.17, 15) is 9.18 Å². The van der Waals surface area contributed by atoms with Crippen molar-refractivity contribution in [1.29, 1.82) is 5.26 Å². The minimum atomic E-state index is -0.519. The van der Waals surface area contributed by atoms with Crippen LogP contribution in [0.4, 0.5) is 15.8 Å². The number of nitrogen functional groups attached to an aromatic ring is 1. The van der Waals surface area contributed by atoms with Crippen molar-refractivity contribution in [2.45, 2.75) is 13.0 Å². The van der Waals surface area contributed by atoms with Crippen molar-refractivity contribution in [3.8, 4) is 6.07 Å². The number of hydrogen-bond acceptors (Lipinski definition) is 3. The second kappa shape index (κ2) is 5.89. The lowest BCUT2D eigenvalue weighted by Crippen LogP contribution is -2.15. The Morgan fingerprint density at radius 3 is 2.95 bits per heavy atom. The summed E-state index contributed by atoms with van der Waals surface area (Å²) in [5.41, 5.74) is 6.35. The molecule has 0 aliphatic rings. The van der Waals surface area contributed by atoms with Crippen molar-refractivity contribution in [3.63, 3.8) is 0 Å². The first-order valence-corrected chi connectivity index (χ1v) is 6.00. The highest BCUT2D eigenvalue weighted by Gasteiger charge is 2.06. The zero-order chi connectivity index (χ0) is 14.5. The number of nitrogens with two attached hydrogens (primary N) is 1. The first-order chi connectivity index (χ1) is 9.60. The van der Waals surface area contributed by atoms with Gasteiger partial charge in [0, 0.05) is 24.8 Å². The van der Waals surface area contributed by atoms with Crippen LogP contribution in [0.25, 0.3) is 0 Å². The molecule has 0 saturated heterocycles. The van der Waals surface area contributed by atoms with Crippen molar-refractivity contribution in [2.24, 2.45) is 0 Å². The van der Waals surface area contributed by atoms with Crippen LogP contribution in [0.5, 0.6) is 0 Å². The zero-order valence-electron chi connectivity index (χ0n) is 10.6. The lowest BCUT2D eigenvalue weighted by molar-refractivity contribution is -0.116. The van der Waals surface area contributed by atoms with E-state index in [2.05, 4.69) is 5.32 Å². The Bertz CT molecular complexity index is 672. The SMILES string of the molecule is N#Cc1cccn1CCC(=O)Nc1ccc(F)c(N)c1. The summed E-state index contributed by atoms with van der Waals surface area (Å²) >= 11 is 0. The maximum Gasteiger partial charge on any atom is 0.226 e. The summed E-state index contributed by atoms with van der Waals surface area (Å²) in [7, 11) is 0. The van der Waals surface area contributed by atoms with Crippen molar-refractivity contribution in [1.82, 2.24) is 4.57 Å². The minimum Gasteiger partial charge on any atom is -0.396 e. The minimum absolute atomic E-state index is 0.0139. The van der Waals surface area contributed by atoms with Crippen LogP contribution in [0, 0.1) is 17.1 Å². The molecule has 1 aromatic carbocycles. The highest BCUT2D eigenvalue weighted by molar-refractivity contribution is 5.91. The number of anilines is 2. The molecular formula is C14H13FN4O. The second-order valence-electron chi connectivity index (χ2n) is 4.23. The molecule has 0 atom stereocenters. The maximum absolute atomic E-state index is 13.0. The molecule has 0 saturated carbocycles. The van der Waals surface area contributed by atoms with Gasteiger partial charge in [0.25, 0.3) is 0 Å². The molecule has 20 heavy (non-hydrogen) atoms. The summed E-state index contributed by atoms with van der Waals surface area (Å²) in [6, 6.07) is 9.47. The largest absolute Gasteiger partial charge is 0.396 e. The van der Waals surface area contributed by atoms with Gasteiger partial charge in [0.05, 0.1) is 5.69 Å². The van der Waals surface area contributed by atoms with Crippen molar-refractivity contribution in [3.05, 3.63) is 48.0 Å². The molecule has 102 valence electrons. The topological polar surface area (TPSA) is 83.8 Å². The summed E-state index contributed by atoms with van der Waals surface area (Å²) in [6.45, 7) is 0.401. The number of carbonyl (C=O) groups excluding carboxylic acids is 1. The number of hydrogen-bond donors (Lipinski definition) is 2. The zero-order valence-corrected chi connectivity index (χ0v) is 10.6. The summed E-state index contributed by atoms with van der Waals surface area (Å²) in [6.07, 6.45) is 1.95. The van der Waals surface area contributed by atoms with E-state index in [1.807, 2.05) is 6.07 Å². The van der Waals surface area contributed by atoms with Gasteiger partial charge in [-0.05, 0) is 30.3 Å². The average molecular weight is 272 g/mol. The lowest BCUT2D eigenvalue weighted by Gasteiger charge is -2.07. The first kappa shape index (κ1) is 13.6. The Balaban J connectivity index is 1.93. The smallest absolute Gasteiger partial charge is 0.226 e. The van der Waals surface area contributed by atoms with Crippen LogP contribution in [0.2, 0.25) is 0 Å². The molecule has 6 heteroatoms. The highest BCUT2D eigenvalue weighted by Crippen LogP contribution is 2.16. The van der Waals surface area contributed by atoms with E-state index >= 15 is 0 Å². The lowest BCUT2D eigenvalue weighted by atomic mass is 10.2. The molecule has 5 nitrogen and oxygen atoms in total. The molecule has 0 fully saturated rings. The van der Waals surface area contributed by atoms with Gasteiger partial charge in [-0.2, -0.15) is 5.26 Å². The normalized spacial score (nSPS) is 10.0. The molecule has 2 rings (SSSR count). The van der Waals surface area contributed by atoms with Gasteiger partial charge < -0.3 is 15.6 Å². The molecule has 1 heterocycles. The number of nitriles is 1. The van der Waals surface area contributed by atoms with Gasteiger partial charge in [0.2, 0.25) is 5.91 Å². The predicted octanol–water partition coefficient (Wildman–Crippen LogP) is 2.11. The fourth-order valence-electron chi connectivity index (χ4n) is 1.78. The Labute approximate surface area is 115 Å². The van der Waals surface area contributed by atoms with Crippen LogP contribution in [-0.4, -0.2) is 10.5 Å². The number of benzene rings is 1. The Morgan fingerprint density at radius 1 is 1.45 bits per heavy atom. The maximum atomic E-state index is 13.0. The van der Waals surface area contributed by atoms with Crippen molar-refractivity contribution < 1.29 is 9.18 Å². The molecule has 0 bridgehead atoms. The van der Waals surface area contributed by atoms with Gasteiger partial charge in [-0.1, -0.05) is 0 Å². The van der Waals surface area contributed by atoms with E-state index in [1.165, 1.54) is 18.2 Å². The van der Waals surface area contributed by atoms with Gasteiger partial charge in [-0.25, -0.2) is 4.39 Å². The van der Waals surface area contributed by atoms with Crippen molar-refractivity contribution in [2.75, 3.05) is 11.1 Å². The van der Waals surface area contributed by atoms with E-state index in [-0.39, 0.29) is 18.0 Å². The van der Waals surface area contributed by atoms with Crippen LogP contribution < -0.4 is 11.1 Å². The summed E-state index contributed by atoms with van der Waals surface area (Å²) < 4.78 is 14.7. The molecule has 1 aromatic heterocycles. The summed E-state index contributed by atoms with van der Waals surface area (Å²) in [5.74, 6) is -0.748. The molecule has 0 aliphatic heterocycles. The first-order valence-electron chi connectivity index (χ1n) is 6.00. The number of nitrogens with one attached hydrogen (secondary N) is 1. The van der Waals surface area contributed by atoms with E-state index in [0.717, 1.165) is 0 Å². The monoisotopic (exact) mass is 272 g/mol. The summed E-state index contributed by atoms with van der Waals surface area (Å²) in [5, 5.41) is 11.5. The number of halogens is 1. The van der Waals surface area contributed by atoms with Crippen LogP contribution in [0.1, 0.15) is 12.1 Å². The highest BCUT2D eigenvalue weighted by atomic mass is 19.1. The molecule has 0 radical (unpaired) electrons. The fourth-order valence-corrected chi connectivity index (χ4v) is 1.78. The predicted molar refractivity (Wildman–Crippen MR) is 73.2 cm³/mol. The Kier molecular flexibility index (Phi) is 4.01. The fraction of sp³-hybridized carbons (Fsp3) is 0.143. The second-order valence-corrected chi connectivity index (χ2v) is 4.23. The number of aryl methyl sites for hydroxylation is 1. The van der Waals surface area contributed by atoms with E-state index in [4.69, 9.17) is 11.0 Å². The quantitative estimate of drug-likeness (QED) is 0.836. The molecule has 2 aromatic rings. The van der Waals surface area contributed by atoms with Crippen LogP contribution in [0.15, 0.2) is 36.5 Å². The van der Waals surface area contributed by atoms with Crippen LogP contribution >= 0.6 is 0 Å². The number of aromatic nitrogens is 1. The molecule has 3 N–H and O–H groups in total. The third-order valence-corrected chi connectivity index (χ3v) is 2.80. The van der Waals surface area contributed by atoms with E-state index in [0.29, 0.717) is 17.9 Å². The van der Waals surface area contributed by atoms with Gasteiger partial charge in [0.1, 0.15) is 17.6 Å². The van der Waals surface area contributed by atoms with Gasteiger partial charge in [-0.3, -0.25) is 4.79 Å². The van der Waals surface area contributed by atoms with Crippen LogP contribution in [0.3, 0.4) is 0 Å². The standard InChI is InChI=1S/C14H13FN4O/c15-12-4-3-10(8-13(12)17)18-14(20)5-7-19-6-1-2-11(19)9-16/h1-4,6,8H,5,7,17H2,(H,18,20). The van der Waals surface area contributed by atoms with Gasteiger partial charge in [0.15, 0.2) is 0 Å². The van der Waals surface area contributed by atoms with Crippen LogP contribution in [-0.2, 0) is 11.3 Å². The Morgan fingerprint density at radius 2 is 2.25 bits per heavy atom. The third-order valence-electron chi connectivity index (χ3n) is 2.80. The Hall–Kier alpha value is -2.81. The van der Waals surface area contributed by atoms with Gasteiger partial charge in [-0.15, -0.1) is 0 Å². The molecule has 1 amide bonds. The average Bonchev–Trinajstić information content (AvgIpc) is 2.88. The summed E-state index contributed by atoms with van der Waals surface area (Å²) in [4.78, 5) is 11.8. The van der Waals surface area contributed by atoms with E-state index < -0.39 is 5.82 Å². The molecule has 0 spiro atoms.